The second-order valence-corrected chi connectivity index (χ2v) is 7.43. The van der Waals surface area contributed by atoms with E-state index in [-0.39, 0.29) is 11.5 Å². The van der Waals surface area contributed by atoms with Crippen LogP contribution in [0.5, 0.6) is 0 Å². The van der Waals surface area contributed by atoms with Gasteiger partial charge in [0.15, 0.2) is 0 Å². The Morgan fingerprint density at radius 3 is 2.64 bits per heavy atom. The lowest BCUT2D eigenvalue weighted by Gasteiger charge is -2.19. The number of halogens is 1. The van der Waals surface area contributed by atoms with Crippen molar-refractivity contribution in [3.63, 3.8) is 0 Å². The monoisotopic (exact) mass is 426 g/mol. The van der Waals surface area contributed by atoms with Gasteiger partial charge in [0.2, 0.25) is 0 Å². The molecule has 1 aromatic rings. The first kappa shape index (κ1) is 19.5. The van der Waals surface area contributed by atoms with Crippen molar-refractivity contribution in [3.05, 3.63) is 33.1 Å². The molecule has 2 rings (SSSR count). The first-order valence-electron chi connectivity index (χ1n) is 7.66. The molecule has 2 amide bonds. The van der Waals surface area contributed by atoms with E-state index in [0.717, 1.165) is 32.4 Å². The van der Waals surface area contributed by atoms with Crippen LogP contribution in [0.1, 0.15) is 19.4 Å². The number of carbonyl (C=O) groups excluding carboxylic acids is 3. The molecule has 6 nitrogen and oxygen atoms in total. The fourth-order valence-corrected chi connectivity index (χ4v) is 3.97. The van der Waals surface area contributed by atoms with E-state index in [1.165, 1.54) is 6.92 Å². The van der Waals surface area contributed by atoms with Crippen molar-refractivity contribution >= 4 is 56.6 Å². The molecule has 1 aliphatic rings. The van der Waals surface area contributed by atoms with E-state index < -0.39 is 23.2 Å². The van der Waals surface area contributed by atoms with E-state index in [9.17, 15) is 14.4 Å². The molecule has 0 spiro atoms. The van der Waals surface area contributed by atoms with Crippen molar-refractivity contribution in [3.8, 4) is 0 Å². The van der Waals surface area contributed by atoms with Crippen molar-refractivity contribution in [2.75, 3.05) is 25.6 Å². The van der Waals surface area contributed by atoms with Crippen LogP contribution < -0.4 is 4.90 Å². The predicted octanol–water partition coefficient (Wildman–Crippen LogP) is 3.50. The zero-order chi connectivity index (χ0) is 18.7. The van der Waals surface area contributed by atoms with Gasteiger partial charge < -0.3 is 9.64 Å². The van der Waals surface area contributed by atoms with Gasteiger partial charge in [-0.3, -0.25) is 14.5 Å². The van der Waals surface area contributed by atoms with Crippen LogP contribution in [0.4, 0.5) is 10.5 Å². The minimum Gasteiger partial charge on any atom is -0.464 e. The number of ether oxygens (including phenoxy) is 1. The average Bonchev–Trinajstić information content (AvgIpc) is 2.80. The first-order valence-corrected chi connectivity index (χ1v) is 9.27. The molecule has 0 radical (unpaired) electrons. The molecule has 0 aromatic heterocycles. The van der Waals surface area contributed by atoms with Crippen LogP contribution in [0.2, 0.25) is 0 Å². The number of benzene rings is 1. The number of nitrogens with zero attached hydrogens (tertiary/aromatic N) is 2. The molecule has 1 atom stereocenters. The largest absolute Gasteiger partial charge is 0.464 e. The molecule has 0 aliphatic carbocycles. The van der Waals surface area contributed by atoms with Gasteiger partial charge in [-0.25, -0.2) is 4.79 Å². The number of thioether (sulfide) groups is 1. The SMILES string of the molecule is CCOC(=O)C(C)N1C(=O)S/C(=C\c2ccc(N(C)C)c(Br)c2)C1=O. The minimum atomic E-state index is -0.943. The van der Waals surface area contributed by atoms with Gasteiger partial charge in [0.1, 0.15) is 6.04 Å². The number of rotatable bonds is 5. The molecule has 1 aromatic carbocycles. The number of hydrogen-bond acceptors (Lipinski definition) is 6. The summed E-state index contributed by atoms with van der Waals surface area (Å²) in [6, 6.07) is 4.71. The Kier molecular flexibility index (Phi) is 6.29. The van der Waals surface area contributed by atoms with Crippen LogP contribution in [0.15, 0.2) is 27.6 Å². The summed E-state index contributed by atoms with van der Waals surface area (Å²) >= 11 is 4.32. The molecule has 0 bridgehead atoms. The van der Waals surface area contributed by atoms with Crippen LogP contribution in [-0.4, -0.2) is 48.8 Å². The first-order chi connectivity index (χ1) is 11.8. The Morgan fingerprint density at radius 1 is 1.40 bits per heavy atom. The summed E-state index contributed by atoms with van der Waals surface area (Å²) in [5.74, 6) is -1.08. The fraction of sp³-hybridized carbons (Fsp3) is 0.353. The maximum atomic E-state index is 12.5. The molecule has 1 saturated heterocycles. The van der Waals surface area contributed by atoms with Gasteiger partial charge in [0.25, 0.3) is 11.1 Å². The molecule has 1 fully saturated rings. The zero-order valence-corrected chi connectivity index (χ0v) is 16.8. The summed E-state index contributed by atoms with van der Waals surface area (Å²) in [4.78, 5) is 39.7. The van der Waals surface area contributed by atoms with Crippen molar-refractivity contribution in [1.82, 2.24) is 4.90 Å². The maximum Gasteiger partial charge on any atom is 0.329 e. The van der Waals surface area contributed by atoms with Crippen molar-refractivity contribution in [1.29, 1.82) is 0 Å². The molecule has 1 heterocycles. The topological polar surface area (TPSA) is 66.9 Å². The lowest BCUT2D eigenvalue weighted by Crippen LogP contribution is -2.42. The van der Waals surface area contributed by atoms with E-state index in [0.29, 0.717) is 0 Å². The van der Waals surface area contributed by atoms with Gasteiger partial charge in [-0.2, -0.15) is 0 Å². The smallest absolute Gasteiger partial charge is 0.329 e. The van der Waals surface area contributed by atoms with Crippen molar-refractivity contribution in [2.45, 2.75) is 19.9 Å². The van der Waals surface area contributed by atoms with E-state index >= 15 is 0 Å². The highest BCUT2D eigenvalue weighted by Crippen LogP contribution is 2.35. The second-order valence-electron chi connectivity index (χ2n) is 5.59. The quantitative estimate of drug-likeness (QED) is 0.530. The highest BCUT2D eigenvalue weighted by atomic mass is 79.9. The molecule has 134 valence electrons. The van der Waals surface area contributed by atoms with Gasteiger partial charge in [0.05, 0.1) is 17.2 Å². The van der Waals surface area contributed by atoms with Crippen LogP contribution in [0.3, 0.4) is 0 Å². The van der Waals surface area contributed by atoms with Gasteiger partial charge >= 0.3 is 5.97 Å². The number of amides is 2. The normalized spacial score (nSPS) is 17.2. The molecule has 25 heavy (non-hydrogen) atoms. The molecular weight excluding hydrogens is 408 g/mol. The molecular formula is C17H19BrN2O4S. The highest BCUT2D eigenvalue weighted by molar-refractivity contribution is 9.10. The number of carbonyl (C=O) groups is 3. The highest BCUT2D eigenvalue weighted by Gasteiger charge is 2.41. The van der Waals surface area contributed by atoms with Crippen LogP contribution >= 0.6 is 27.7 Å². The van der Waals surface area contributed by atoms with Gasteiger partial charge in [-0.05, 0) is 65.3 Å². The minimum absolute atomic E-state index is 0.196. The Labute approximate surface area is 159 Å². The van der Waals surface area contributed by atoms with E-state index in [4.69, 9.17) is 4.74 Å². The lowest BCUT2D eigenvalue weighted by atomic mass is 10.1. The Balaban J connectivity index is 2.25. The molecule has 1 unspecified atom stereocenters. The van der Waals surface area contributed by atoms with Crippen molar-refractivity contribution in [2.24, 2.45) is 0 Å². The molecule has 0 N–H and O–H groups in total. The van der Waals surface area contributed by atoms with Crippen LogP contribution in [0, 0.1) is 0 Å². The zero-order valence-electron chi connectivity index (χ0n) is 14.4. The number of imide groups is 1. The van der Waals surface area contributed by atoms with Crippen molar-refractivity contribution < 1.29 is 19.1 Å². The second kappa shape index (κ2) is 8.05. The van der Waals surface area contributed by atoms with E-state index in [2.05, 4.69) is 15.9 Å². The van der Waals surface area contributed by atoms with Gasteiger partial charge in [-0.15, -0.1) is 0 Å². The third-order valence-corrected chi connectivity index (χ3v) is 5.11. The number of hydrogen-bond donors (Lipinski definition) is 0. The Bertz CT molecular complexity index is 748. The van der Waals surface area contributed by atoms with Gasteiger partial charge in [0, 0.05) is 18.6 Å². The van der Waals surface area contributed by atoms with Crippen LogP contribution in [0.25, 0.3) is 6.08 Å². The summed E-state index contributed by atoms with van der Waals surface area (Å²) in [7, 11) is 3.86. The lowest BCUT2D eigenvalue weighted by molar-refractivity contribution is -0.150. The molecule has 8 heteroatoms. The average molecular weight is 427 g/mol. The summed E-state index contributed by atoms with van der Waals surface area (Å²) in [5.41, 5.74) is 1.79. The predicted molar refractivity (Wildman–Crippen MR) is 102 cm³/mol. The molecule has 1 aliphatic heterocycles. The third-order valence-electron chi connectivity index (χ3n) is 3.59. The summed E-state index contributed by atoms with van der Waals surface area (Å²) in [6.07, 6.45) is 1.65. The summed E-state index contributed by atoms with van der Waals surface area (Å²) in [5, 5.41) is -0.471. The van der Waals surface area contributed by atoms with Crippen LogP contribution in [-0.2, 0) is 14.3 Å². The fourth-order valence-electron chi connectivity index (χ4n) is 2.31. The summed E-state index contributed by atoms with van der Waals surface area (Å²) in [6.45, 7) is 3.36. The number of esters is 1. The Morgan fingerprint density at radius 2 is 2.08 bits per heavy atom. The van der Waals surface area contributed by atoms with Gasteiger partial charge in [-0.1, -0.05) is 6.07 Å². The van der Waals surface area contributed by atoms with E-state index in [1.807, 2.05) is 37.2 Å². The number of anilines is 1. The van der Waals surface area contributed by atoms with E-state index in [1.54, 1.807) is 13.0 Å². The third kappa shape index (κ3) is 4.24. The summed E-state index contributed by atoms with van der Waals surface area (Å²) < 4.78 is 5.77. The standard InChI is InChI=1S/C17H19BrN2O4S/c1-5-24-16(22)10(2)20-15(21)14(25-17(20)23)9-11-6-7-13(19(3)4)12(18)8-11/h6-10H,5H2,1-4H3/b14-9-. The Hall–Kier alpha value is -1.80. The molecule has 0 saturated carbocycles. The maximum absolute atomic E-state index is 12.5.